The Bertz CT molecular complexity index is 2650. The number of alkyl carbamates (subject to hydrolysis) is 1. The summed E-state index contributed by atoms with van der Waals surface area (Å²) >= 11 is 0. The molecule has 0 atom stereocenters. The first-order chi connectivity index (χ1) is 33.4. The summed E-state index contributed by atoms with van der Waals surface area (Å²) in [5.74, 6) is -0.176. The van der Waals surface area contributed by atoms with E-state index in [0.717, 1.165) is 48.5 Å². The quantitative estimate of drug-likeness (QED) is 0.0354. The molecule has 2 aliphatic rings. The molecule has 17 nitrogen and oxygen atoms in total. The van der Waals surface area contributed by atoms with Gasteiger partial charge in [0, 0.05) is 91.9 Å². The van der Waals surface area contributed by atoms with Crippen molar-refractivity contribution in [1.82, 2.24) is 21.3 Å². The molecule has 0 aliphatic carbocycles. The van der Waals surface area contributed by atoms with Gasteiger partial charge < -0.3 is 40.0 Å². The molecule has 4 amide bonds. The Morgan fingerprint density at radius 1 is 0.658 bits per heavy atom. The first-order valence-corrected chi connectivity index (χ1v) is 27.7. The van der Waals surface area contributed by atoms with Crippen LogP contribution in [0.4, 0.5) is 16.2 Å². The van der Waals surface area contributed by atoms with Gasteiger partial charge in [-0.05, 0) is 115 Å². The molecule has 0 bridgehead atoms. The summed E-state index contributed by atoms with van der Waals surface area (Å²) in [5.41, 5.74) is 2.31. The summed E-state index contributed by atoms with van der Waals surface area (Å²) in [6, 6.07) is 8.90. The van der Waals surface area contributed by atoms with Crippen molar-refractivity contribution in [3.63, 3.8) is 0 Å². The van der Waals surface area contributed by atoms with Gasteiger partial charge in [0.1, 0.15) is 32.4 Å². The number of carbonyl (C=O) groups excluding carboxylic acids is 4. The number of ether oxygens (including phenoxy) is 1. The van der Waals surface area contributed by atoms with E-state index in [-0.39, 0.29) is 78.9 Å². The summed E-state index contributed by atoms with van der Waals surface area (Å²) in [6.45, 7) is 21.7. The standard InChI is InChI=1S/C53H78N6O11S2.K/c1-50(2,3)48(62)56-32-20-30-54-46(60)24-16-12-18-34-58-42-28-26-38(71(64,65)66)36-40(42)52(7,8)44(58)22-14-11-15-23-45-53(9,10)41-37-39(72(67,68)69)27-29-43(41)59(45)35-19-13-17-25-47(61)55-31-21-33-57-49(63)70-51(4,5)6;/h11,14-15,22-23,26-29,36-37H,12-13,16-21,24-25,30-35H2,1-10H3,(H5-,54,55,56,57,60,61,62,63,64,65,66,67,68,69);/q;+1/p-1. The van der Waals surface area contributed by atoms with E-state index in [1.54, 1.807) is 32.9 Å². The Kier molecular flexibility index (Phi) is 23.8. The van der Waals surface area contributed by atoms with E-state index in [4.69, 9.17) is 4.74 Å². The minimum absolute atomic E-state index is 0. The first kappa shape index (κ1) is 63.6. The van der Waals surface area contributed by atoms with Crippen molar-refractivity contribution in [2.75, 3.05) is 44.2 Å². The van der Waals surface area contributed by atoms with Crippen LogP contribution in [0.5, 0.6) is 0 Å². The van der Waals surface area contributed by atoms with E-state index in [0.29, 0.717) is 88.9 Å². The Morgan fingerprint density at radius 3 is 1.75 bits per heavy atom. The fourth-order valence-corrected chi connectivity index (χ4v) is 9.70. The molecule has 0 spiro atoms. The normalized spacial score (nSPS) is 15.8. The number of anilines is 1. The molecule has 0 unspecified atom stereocenters. The molecule has 0 fully saturated rings. The van der Waals surface area contributed by atoms with Gasteiger partial charge in [0.15, 0.2) is 5.71 Å². The molecule has 0 saturated heterocycles. The van der Waals surface area contributed by atoms with Crippen LogP contribution in [0.1, 0.15) is 145 Å². The van der Waals surface area contributed by atoms with Crippen LogP contribution >= 0.6 is 0 Å². The number of hydrogen-bond acceptors (Lipinski definition) is 12. The smallest absolute Gasteiger partial charge is 0.744 e. The fourth-order valence-electron chi connectivity index (χ4n) is 8.70. The molecule has 2 aromatic rings. The van der Waals surface area contributed by atoms with E-state index in [9.17, 15) is 45.1 Å². The number of rotatable bonds is 25. The van der Waals surface area contributed by atoms with Crippen LogP contribution in [0, 0.1) is 5.41 Å². The summed E-state index contributed by atoms with van der Waals surface area (Å²) in [4.78, 5) is 50.5. The Morgan fingerprint density at radius 2 is 1.19 bits per heavy atom. The third-order valence-corrected chi connectivity index (χ3v) is 14.3. The molecular formula is C53H77KN6O11S2. The number of allylic oxidation sites excluding steroid dienone is 6. The summed E-state index contributed by atoms with van der Waals surface area (Å²) in [7, 11) is -9.42. The average Bonchev–Trinajstić information content (AvgIpc) is 3.61. The van der Waals surface area contributed by atoms with Gasteiger partial charge in [-0.3, -0.25) is 14.4 Å². The van der Waals surface area contributed by atoms with Gasteiger partial charge in [0.05, 0.1) is 15.2 Å². The van der Waals surface area contributed by atoms with Gasteiger partial charge in [0.2, 0.25) is 23.4 Å². The minimum Gasteiger partial charge on any atom is -0.744 e. The summed E-state index contributed by atoms with van der Waals surface area (Å²) < 4.78 is 79.9. The number of nitrogens with one attached hydrogen (secondary N) is 4. The number of benzene rings is 2. The van der Waals surface area contributed by atoms with E-state index in [1.165, 1.54) is 24.3 Å². The number of nitrogens with zero attached hydrogens (tertiary/aromatic N) is 2. The number of fused-ring (bicyclic) bond motifs is 2. The molecule has 2 aromatic carbocycles. The maximum absolute atomic E-state index is 12.6. The van der Waals surface area contributed by atoms with Gasteiger partial charge >= 0.3 is 57.5 Å². The first-order valence-electron chi connectivity index (χ1n) is 24.9. The number of amides is 4. The van der Waals surface area contributed by atoms with E-state index in [1.807, 2.05) is 78.8 Å². The van der Waals surface area contributed by atoms with Gasteiger partial charge in [-0.2, -0.15) is 4.58 Å². The summed E-state index contributed by atoms with van der Waals surface area (Å²) in [6.07, 6.45) is 15.2. The second-order valence-electron chi connectivity index (χ2n) is 21.5. The van der Waals surface area contributed by atoms with Crippen LogP contribution in [-0.2, 0) is 50.2 Å². The fraction of sp³-hybridized carbons (Fsp3) is 0.566. The monoisotopic (exact) mass is 1080 g/mol. The van der Waals surface area contributed by atoms with E-state index >= 15 is 0 Å². The Balaban J connectivity index is 0.0000141. The molecule has 20 heteroatoms. The zero-order chi connectivity index (χ0) is 53.7. The predicted molar refractivity (Wildman–Crippen MR) is 277 cm³/mol. The van der Waals surface area contributed by atoms with Gasteiger partial charge in [0.25, 0.3) is 0 Å². The van der Waals surface area contributed by atoms with Crippen LogP contribution in [0.15, 0.2) is 82.3 Å². The van der Waals surface area contributed by atoms with E-state index < -0.39 is 48.2 Å². The molecule has 0 saturated carbocycles. The Labute approximate surface area is 476 Å². The predicted octanol–water partition coefficient (Wildman–Crippen LogP) is 4.49. The SMILES string of the molecule is CC(C)(C)OC(=O)NCCCNC(=O)CCCCCN1/C(=C/C=C/C=C/C2=[N+](CCCCCC(=O)NCCCNC(=O)C(C)(C)C)c3ccc(S(=O)(=O)[O-])cc3C2(C)C)C(C)(C)c2cc(S(=O)(=O)[O-])ccc21.[K+]. The third-order valence-electron chi connectivity index (χ3n) is 12.6. The number of hydrogen-bond donors (Lipinski definition) is 4. The van der Waals surface area contributed by atoms with Crippen LogP contribution in [-0.4, -0.2) is 105 Å². The number of carbonyl (C=O) groups is 4. The van der Waals surface area contributed by atoms with Crippen LogP contribution in [0.3, 0.4) is 0 Å². The zero-order valence-corrected chi connectivity index (χ0v) is 49.6. The molecule has 4 rings (SSSR count). The molecule has 398 valence electrons. The minimum atomic E-state index is -4.71. The van der Waals surface area contributed by atoms with Crippen molar-refractivity contribution >= 4 is 61.1 Å². The largest absolute Gasteiger partial charge is 1.00 e. The molecule has 0 radical (unpaired) electrons. The molecule has 73 heavy (non-hydrogen) atoms. The van der Waals surface area contributed by atoms with Crippen LogP contribution in [0.25, 0.3) is 0 Å². The Hall–Kier alpha value is -3.73. The van der Waals surface area contributed by atoms with Gasteiger partial charge in [-0.15, -0.1) is 0 Å². The summed E-state index contributed by atoms with van der Waals surface area (Å²) in [5, 5.41) is 11.4. The van der Waals surface area contributed by atoms with Crippen molar-refractivity contribution in [3.05, 3.63) is 83.6 Å². The van der Waals surface area contributed by atoms with Crippen LogP contribution < -0.4 is 77.6 Å². The molecule has 2 aliphatic heterocycles. The number of unbranched alkanes of at least 4 members (excludes halogenated alkanes) is 4. The van der Waals surface area contributed by atoms with Crippen LogP contribution in [0.2, 0.25) is 0 Å². The molecular weight excluding hydrogens is 1000 g/mol. The molecule has 0 aromatic heterocycles. The second kappa shape index (κ2) is 27.4. The van der Waals surface area contributed by atoms with Crippen molar-refractivity contribution in [3.8, 4) is 0 Å². The van der Waals surface area contributed by atoms with Gasteiger partial charge in [-0.25, -0.2) is 21.6 Å². The van der Waals surface area contributed by atoms with E-state index in [2.05, 4.69) is 30.7 Å². The van der Waals surface area contributed by atoms with Crippen molar-refractivity contribution in [2.45, 2.75) is 160 Å². The van der Waals surface area contributed by atoms with Gasteiger partial charge in [-0.1, -0.05) is 59.3 Å². The molecule has 4 N–H and O–H groups in total. The zero-order valence-electron chi connectivity index (χ0n) is 44.9. The van der Waals surface area contributed by atoms with Crippen molar-refractivity contribution in [1.29, 1.82) is 0 Å². The maximum atomic E-state index is 12.6. The van der Waals surface area contributed by atoms with Crippen molar-refractivity contribution < 1.29 is 106 Å². The topological polar surface area (TPSA) is 246 Å². The second-order valence-corrected chi connectivity index (χ2v) is 24.2. The van der Waals surface area contributed by atoms with Crippen molar-refractivity contribution in [2.24, 2.45) is 5.41 Å². The molecule has 2 heterocycles. The third kappa shape index (κ3) is 19.1. The average molecular weight is 1080 g/mol. The maximum Gasteiger partial charge on any atom is 1.00 e.